The molecule has 5 nitrogen and oxygen atoms in total. The van der Waals surface area contributed by atoms with E-state index in [1.807, 2.05) is 45.2 Å². The average molecular weight is 454 g/mol. The Bertz CT molecular complexity index is 684. The summed E-state index contributed by atoms with van der Waals surface area (Å²) >= 11 is 1.60. The van der Waals surface area contributed by atoms with Crippen LogP contribution in [0.25, 0.3) is 0 Å². The Hall–Kier alpha value is -1.07. The number of benzene rings is 1. The summed E-state index contributed by atoms with van der Waals surface area (Å²) < 4.78 is 3.16. The summed E-state index contributed by atoms with van der Waals surface area (Å²) in [6, 6.07) is 8.40. The van der Waals surface area contributed by atoms with E-state index in [4.69, 9.17) is 5.73 Å². The van der Waals surface area contributed by atoms with Crippen molar-refractivity contribution in [1.29, 1.82) is 0 Å². The highest BCUT2D eigenvalue weighted by Gasteiger charge is 2.22. The van der Waals surface area contributed by atoms with Crippen LogP contribution in [0.5, 0.6) is 0 Å². The second-order valence-corrected chi connectivity index (χ2v) is 12.8. The third-order valence-electron chi connectivity index (χ3n) is 5.31. The molecule has 0 amide bonds. The van der Waals surface area contributed by atoms with Crippen LogP contribution in [0, 0.1) is 11.8 Å². The van der Waals surface area contributed by atoms with E-state index < -0.39 is 12.7 Å². The Morgan fingerprint density at radius 2 is 2.10 bits per heavy atom. The quantitative estimate of drug-likeness (QED) is 0.201. The van der Waals surface area contributed by atoms with Gasteiger partial charge in [0.15, 0.2) is 0 Å². The Morgan fingerprint density at radius 3 is 2.67 bits per heavy atom. The third-order valence-corrected chi connectivity index (χ3v) is 8.93. The second-order valence-electron chi connectivity index (χ2n) is 8.67. The molecule has 0 heterocycles. The standard InChI is InChI=1S/C12H23NO.C11H17N2OPS/c1-4-10-7-9(2)8-11(14)5-6-12(10)13-3;1-11(2,8-14)13-16-15(3)10-6-4-5-9(12)7-10/h5,9-10,12-14H,4,6-8H2,1-3H3;4-8,13H,12H2,1-3H3/b11-5+;. The Morgan fingerprint density at radius 1 is 1.40 bits per heavy atom. The van der Waals surface area contributed by atoms with Gasteiger partial charge < -0.3 is 21.0 Å². The van der Waals surface area contributed by atoms with Gasteiger partial charge in [0.05, 0.1) is 11.3 Å². The summed E-state index contributed by atoms with van der Waals surface area (Å²) in [5.74, 6) is 1.93. The number of rotatable bonds is 7. The first-order valence-electron chi connectivity index (χ1n) is 10.7. The number of hydrogen-bond acceptors (Lipinski definition) is 6. The van der Waals surface area contributed by atoms with Gasteiger partial charge in [-0.3, -0.25) is 0 Å². The maximum absolute atomic E-state index is 10.7. The fourth-order valence-electron chi connectivity index (χ4n) is 3.45. The Kier molecular flexibility index (Phi) is 12.0. The Balaban J connectivity index is 0.000000303. The highest BCUT2D eigenvalue weighted by Crippen LogP contribution is 2.43. The SMILES string of the molecule is CCC1CC(C)C/C(O)=C\CC1NC.CP(SNC(C)(C)C=O)c1cccc(N)c1. The van der Waals surface area contributed by atoms with Gasteiger partial charge in [-0.1, -0.05) is 32.4 Å². The third kappa shape index (κ3) is 9.82. The average Bonchev–Trinajstić information content (AvgIpc) is 2.70. The number of nitrogen functional groups attached to an aromatic ring is 1. The van der Waals surface area contributed by atoms with Crippen LogP contribution in [0.3, 0.4) is 0 Å². The number of allylic oxidation sites excluding steroid dienone is 1. The molecule has 170 valence electrons. The van der Waals surface area contributed by atoms with E-state index in [0.29, 0.717) is 17.7 Å². The number of nitrogens with one attached hydrogen (secondary N) is 2. The molecule has 7 heteroatoms. The van der Waals surface area contributed by atoms with Gasteiger partial charge in [0.2, 0.25) is 0 Å². The van der Waals surface area contributed by atoms with Gasteiger partial charge in [-0.25, -0.2) is 4.72 Å². The molecular formula is C23H40N3O2PS. The first-order valence-corrected chi connectivity index (χ1v) is 13.9. The molecule has 0 aliphatic heterocycles. The molecule has 1 aromatic rings. The van der Waals surface area contributed by atoms with Gasteiger partial charge in [-0.2, -0.15) is 0 Å². The predicted octanol–water partition coefficient (Wildman–Crippen LogP) is 5.00. The molecule has 4 unspecified atom stereocenters. The molecule has 1 aromatic carbocycles. The summed E-state index contributed by atoms with van der Waals surface area (Å²) in [4.78, 5) is 10.7. The molecule has 0 saturated carbocycles. The lowest BCUT2D eigenvalue weighted by molar-refractivity contribution is -0.111. The van der Waals surface area contributed by atoms with E-state index in [1.54, 1.807) is 11.6 Å². The summed E-state index contributed by atoms with van der Waals surface area (Å²) in [7, 11) is 1.62. The molecule has 1 aliphatic rings. The molecular weight excluding hydrogens is 413 g/mol. The predicted molar refractivity (Wildman–Crippen MR) is 135 cm³/mol. The summed E-state index contributed by atoms with van der Waals surface area (Å²) in [5.41, 5.74) is 6.02. The molecule has 5 N–H and O–H groups in total. The molecule has 0 spiro atoms. The lowest BCUT2D eigenvalue weighted by Crippen LogP contribution is -2.35. The van der Waals surface area contributed by atoms with Crippen LogP contribution in [-0.4, -0.2) is 36.7 Å². The number of hydrogen-bond donors (Lipinski definition) is 4. The van der Waals surface area contributed by atoms with Gasteiger partial charge in [0.1, 0.15) is 6.29 Å². The van der Waals surface area contributed by atoms with Crippen molar-refractivity contribution < 1.29 is 9.90 Å². The van der Waals surface area contributed by atoms with E-state index in [0.717, 1.165) is 30.7 Å². The van der Waals surface area contributed by atoms with Crippen LogP contribution in [-0.2, 0) is 4.79 Å². The molecule has 2 rings (SSSR count). The largest absolute Gasteiger partial charge is 0.513 e. The minimum atomic E-state index is -0.485. The monoisotopic (exact) mass is 453 g/mol. The zero-order valence-electron chi connectivity index (χ0n) is 19.3. The number of nitrogens with two attached hydrogens (primary N) is 1. The van der Waals surface area contributed by atoms with Crippen molar-refractivity contribution in [1.82, 2.24) is 10.0 Å². The lowest BCUT2D eigenvalue weighted by Gasteiger charge is -2.29. The van der Waals surface area contributed by atoms with Crippen LogP contribution in [0.4, 0.5) is 5.69 Å². The topological polar surface area (TPSA) is 87.4 Å². The first-order chi connectivity index (χ1) is 14.1. The minimum Gasteiger partial charge on any atom is -0.513 e. The van der Waals surface area contributed by atoms with Crippen molar-refractivity contribution in [2.24, 2.45) is 11.8 Å². The lowest BCUT2D eigenvalue weighted by atomic mass is 9.82. The maximum Gasteiger partial charge on any atom is 0.140 e. The van der Waals surface area contributed by atoms with E-state index in [9.17, 15) is 9.90 Å². The summed E-state index contributed by atoms with van der Waals surface area (Å²) in [6.07, 6.45) is 7.17. The maximum atomic E-state index is 10.7. The molecule has 0 saturated heterocycles. The first kappa shape index (κ1) is 27.0. The molecule has 0 aromatic heterocycles. The normalized spacial score (nSPS) is 25.0. The van der Waals surface area contributed by atoms with Gasteiger partial charge >= 0.3 is 0 Å². The van der Waals surface area contributed by atoms with Crippen LogP contribution < -0.4 is 21.1 Å². The van der Waals surface area contributed by atoms with Crippen LogP contribution in [0.2, 0.25) is 0 Å². The van der Waals surface area contributed by atoms with Crippen LogP contribution >= 0.6 is 18.7 Å². The van der Waals surface area contributed by atoms with Gasteiger partial charge in [0, 0.05) is 18.2 Å². The number of anilines is 1. The van der Waals surface area contributed by atoms with Crippen LogP contribution in [0.1, 0.15) is 53.4 Å². The molecule has 0 radical (unpaired) electrons. The fourth-order valence-corrected chi connectivity index (χ4v) is 6.37. The molecule has 4 atom stereocenters. The minimum absolute atomic E-state index is 0.395. The van der Waals surface area contributed by atoms with Gasteiger partial charge in [0.25, 0.3) is 0 Å². The summed E-state index contributed by atoms with van der Waals surface area (Å²) in [6.45, 7) is 10.3. The van der Waals surface area contributed by atoms with Gasteiger partial charge in [-0.15, -0.1) is 0 Å². The number of aldehydes is 1. The van der Waals surface area contributed by atoms with E-state index in [2.05, 4.69) is 36.6 Å². The van der Waals surface area contributed by atoms with E-state index >= 15 is 0 Å². The van der Waals surface area contributed by atoms with Crippen LogP contribution in [0.15, 0.2) is 36.1 Å². The molecule has 30 heavy (non-hydrogen) atoms. The van der Waals surface area contributed by atoms with Crippen molar-refractivity contribution in [3.05, 3.63) is 36.1 Å². The van der Waals surface area contributed by atoms with Crippen molar-refractivity contribution in [3.63, 3.8) is 0 Å². The van der Waals surface area contributed by atoms with Crippen molar-refractivity contribution in [2.45, 2.75) is 65.0 Å². The Labute approximate surface area is 188 Å². The summed E-state index contributed by atoms with van der Waals surface area (Å²) in [5, 5.41) is 14.2. The zero-order valence-corrected chi connectivity index (χ0v) is 21.0. The van der Waals surface area contributed by atoms with Crippen molar-refractivity contribution in [3.8, 4) is 0 Å². The number of carbonyl (C=O) groups is 1. The zero-order chi connectivity index (χ0) is 22.7. The smallest absolute Gasteiger partial charge is 0.140 e. The highest BCUT2D eigenvalue weighted by molar-refractivity contribution is 8.56. The molecule has 0 bridgehead atoms. The number of carbonyl (C=O) groups excluding carboxylic acids is 1. The van der Waals surface area contributed by atoms with E-state index in [1.165, 1.54) is 18.1 Å². The second kappa shape index (κ2) is 13.4. The van der Waals surface area contributed by atoms with Crippen molar-refractivity contribution in [2.75, 3.05) is 19.4 Å². The van der Waals surface area contributed by atoms with Crippen molar-refractivity contribution >= 4 is 36.0 Å². The van der Waals surface area contributed by atoms with E-state index in [-0.39, 0.29) is 0 Å². The molecule has 1 aliphatic carbocycles. The highest BCUT2D eigenvalue weighted by atomic mass is 32.7. The number of aliphatic hydroxyl groups excluding tert-OH is 1. The van der Waals surface area contributed by atoms with Gasteiger partial charge in [-0.05, 0) is 94.4 Å². The number of aliphatic hydroxyl groups is 1. The fraction of sp³-hybridized carbons (Fsp3) is 0.609. The molecule has 0 fully saturated rings.